The molecular formula is C77H33F27N4. The normalized spacial score (nSPS) is 13.1. The molecule has 550 valence electrons. The number of benzene rings is 11. The van der Waals surface area contributed by atoms with Gasteiger partial charge >= 0.3 is 55.6 Å². The first-order valence-electron chi connectivity index (χ1n) is 30.8. The number of nitriles is 2. The number of halogens is 27. The zero-order valence-corrected chi connectivity index (χ0v) is 53.0. The van der Waals surface area contributed by atoms with E-state index in [1.54, 1.807) is 6.07 Å². The largest absolute Gasteiger partial charge is 0.417 e. The van der Waals surface area contributed by atoms with Crippen molar-refractivity contribution in [2.75, 3.05) is 0 Å². The summed E-state index contributed by atoms with van der Waals surface area (Å²) in [6.45, 7) is 0. The van der Waals surface area contributed by atoms with E-state index in [4.69, 9.17) is 0 Å². The zero-order chi connectivity index (χ0) is 78.5. The Hall–Kier alpha value is -11.9. The molecule has 0 fully saturated rings. The van der Waals surface area contributed by atoms with Crippen molar-refractivity contribution in [1.29, 1.82) is 10.5 Å². The summed E-state index contributed by atoms with van der Waals surface area (Å²) in [4.78, 5) is 0. The maximum atomic E-state index is 15.0. The maximum absolute atomic E-state index is 15.0. The quantitative estimate of drug-likeness (QED) is 0.142. The van der Waals surface area contributed by atoms with Crippen molar-refractivity contribution in [2.45, 2.75) is 55.6 Å². The van der Waals surface area contributed by atoms with Gasteiger partial charge in [0, 0.05) is 38.4 Å². The molecule has 0 aliphatic rings. The standard InChI is InChI=1S/C77H33F27N4/c78-69(79,80)43-7-13-49(42(23-43)35-106)36-2-20-66(108-67-21-5-39(52-16-10-46(72(87,88)89)31-62(52)76(99,100)101)27-58(67)59-28-40(6-22-68(59)108)53-17-11-47(73(90,91)92)32-63(53)77(102,103)104)55(24-36)54-33-48(12-1-41(54)34-105)107-64-18-3-37(50-14-8-44(70(81,82)83)29-60(50)74(93,94)95)25-56(64)57-26-38(4-19-65(57)107)51-15-9-45(71(84,85)86)30-61(51)75(96,97)98/h1-33H. The summed E-state index contributed by atoms with van der Waals surface area (Å²) in [6, 6.07) is 27.9. The number of hydrogen-bond donors (Lipinski definition) is 0. The molecule has 0 N–H and O–H groups in total. The molecule has 31 heteroatoms. The van der Waals surface area contributed by atoms with Crippen molar-refractivity contribution < 1.29 is 119 Å². The van der Waals surface area contributed by atoms with E-state index >= 15 is 0 Å². The van der Waals surface area contributed by atoms with Crippen molar-refractivity contribution in [3.63, 3.8) is 0 Å². The fraction of sp³-hybridized carbons (Fsp3) is 0.117. The highest BCUT2D eigenvalue weighted by Crippen LogP contribution is 2.51. The number of rotatable bonds is 8. The Kier molecular flexibility index (Phi) is 17.5. The van der Waals surface area contributed by atoms with E-state index in [0.29, 0.717) is 60.7 Å². The Bertz CT molecular complexity index is 5680. The third-order valence-corrected chi connectivity index (χ3v) is 18.1. The highest BCUT2D eigenvalue weighted by Gasteiger charge is 2.44. The summed E-state index contributed by atoms with van der Waals surface area (Å²) in [7, 11) is 0. The second-order valence-corrected chi connectivity index (χ2v) is 24.6. The van der Waals surface area contributed by atoms with Crippen molar-refractivity contribution in [1.82, 2.24) is 9.13 Å². The maximum Gasteiger partial charge on any atom is 0.417 e. The van der Waals surface area contributed by atoms with Crippen molar-refractivity contribution >= 4 is 43.6 Å². The molecule has 0 aliphatic carbocycles. The van der Waals surface area contributed by atoms with Gasteiger partial charge in [-0.3, -0.25) is 0 Å². The Morgan fingerprint density at radius 3 is 0.787 bits per heavy atom. The lowest BCUT2D eigenvalue weighted by Crippen LogP contribution is -2.12. The molecule has 0 spiro atoms. The lowest BCUT2D eigenvalue weighted by molar-refractivity contribution is -0.144. The predicted octanol–water partition coefficient (Wildman–Crippen LogP) is 26.8. The van der Waals surface area contributed by atoms with E-state index < -0.39 is 156 Å². The molecule has 0 saturated carbocycles. The fourth-order valence-electron chi connectivity index (χ4n) is 13.3. The van der Waals surface area contributed by atoms with Crippen LogP contribution in [0.15, 0.2) is 200 Å². The van der Waals surface area contributed by atoms with E-state index in [2.05, 4.69) is 0 Å². The van der Waals surface area contributed by atoms with Crippen LogP contribution in [0, 0.1) is 22.7 Å². The van der Waals surface area contributed by atoms with Crippen molar-refractivity contribution in [3.05, 3.63) is 261 Å². The van der Waals surface area contributed by atoms with Gasteiger partial charge in [-0.05, 0) is 195 Å². The van der Waals surface area contributed by atoms with Gasteiger partial charge in [-0.15, -0.1) is 0 Å². The molecule has 0 amide bonds. The van der Waals surface area contributed by atoms with E-state index in [0.717, 1.165) is 84.9 Å². The number of aromatic nitrogens is 2. The topological polar surface area (TPSA) is 57.4 Å². The molecule has 4 nitrogen and oxygen atoms in total. The van der Waals surface area contributed by atoms with Crippen molar-refractivity contribution in [3.8, 4) is 90.3 Å². The number of fused-ring (bicyclic) bond motifs is 6. The van der Waals surface area contributed by atoms with Crippen LogP contribution in [0.3, 0.4) is 0 Å². The Morgan fingerprint density at radius 1 is 0.213 bits per heavy atom. The van der Waals surface area contributed by atoms with Gasteiger partial charge in [-0.25, -0.2) is 0 Å². The fourth-order valence-corrected chi connectivity index (χ4v) is 13.3. The van der Waals surface area contributed by atoms with Gasteiger partial charge in [-0.1, -0.05) is 60.7 Å². The molecule has 108 heavy (non-hydrogen) atoms. The van der Waals surface area contributed by atoms with Gasteiger partial charge in [0.05, 0.1) is 101 Å². The SMILES string of the molecule is N#Cc1cc(C(F)(F)F)ccc1-c1ccc(-n2c3ccc(-c4ccc(C(F)(F)F)cc4C(F)(F)F)cc3c3cc(-c4ccc(C(F)(F)F)cc4C(F)(F)F)ccc32)c(-c2cc(-n3c4ccc(-c5ccc(C(F)(F)F)cc5C(F)(F)F)cc4c4cc(-c5ccc(C(F)(F)F)cc5C(F)(F)F)ccc43)ccc2C#N)c1. The van der Waals surface area contributed by atoms with Gasteiger partial charge in [0.25, 0.3) is 0 Å². The molecule has 11 aromatic carbocycles. The molecule has 0 radical (unpaired) electrons. The Morgan fingerprint density at radius 2 is 0.491 bits per heavy atom. The summed E-state index contributed by atoms with van der Waals surface area (Å²) in [6.07, 6.45) is -48.4. The number of hydrogen-bond acceptors (Lipinski definition) is 2. The van der Waals surface area contributed by atoms with Crippen LogP contribution in [0.5, 0.6) is 0 Å². The minimum atomic E-state index is -5.53. The summed E-state index contributed by atoms with van der Waals surface area (Å²) in [5.74, 6) is 0. The van der Waals surface area contributed by atoms with Crippen LogP contribution in [-0.4, -0.2) is 9.13 Å². The first-order valence-corrected chi connectivity index (χ1v) is 30.8. The lowest BCUT2D eigenvalue weighted by atomic mass is 9.91. The van der Waals surface area contributed by atoms with E-state index in [1.807, 2.05) is 6.07 Å². The van der Waals surface area contributed by atoms with Crippen LogP contribution >= 0.6 is 0 Å². The van der Waals surface area contributed by atoms with Crippen LogP contribution in [0.2, 0.25) is 0 Å². The molecule has 0 unspecified atom stereocenters. The van der Waals surface area contributed by atoms with E-state index in [1.165, 1.54) is 39.5 Å². The first-order chi connectivity index (χ1) is 50.1. The molecule has 0 aliphatic heterocycles. The van der Waals surface area contributed by atoms with E-state index in [9.17, 15) is 129 Å². The molecule has 0 bridgehead atoms. The highest BCUT2D eigenvalue weighted by molar-refractivity contribution is 6.14. The third kappa shape index (κ3) is 13.6. The average molecular weight is 1530 g/mol. The zero-order valence-electron chi connectivity index (χ0n) is 53.0. The van der Waals surface area contributed by atoms with Gasteiger partial charge in [0.2, 0.25) is 0 Å². The smallest absolute Gasteiger partial charge is 0.309 e. The van der Waals surface area contributed by atoms with Crippen LogP contribution < -0.4 is 0 Å². The molecule has 0 atom stereocenters. The van der Waals surface area contributed by atoms with Crippen LogP contribution in [0.4, 0.5) is 119 Å². The Labute approximate surface area is 587 Å². The monoisotopic (exact) mass is 1530 g/mol. The average Bonchev–Trinajstić information content (AvgIpc) is 1.56. The summed E-state index contributed by atoms with van der Waals surface area (Å²) in [5.41, 5.74) is -23.7. The van der Waals surface area contributed by atoms with Crippen LogP contribution in [0.25, 0.3) is 122 Å². The summed E-state index contributed by atoms with van der Waals surface area (Å²) in [5, 5.41) is 20.6. The minimum absolute atomic E-state index is 0.111. The number of alkyl halides is 27. The molecule has 13 aromatic rings. The predicted molar refractivity (Wildman–Crippen MR) is 342 cm³/mol. The number of nitrogens with zero attached hydrogens (tertiary/aromatic N) is 4. The van der Waals surface area contributed by atoms with Gasteiger partial charge in [-0.2, -0.15) is 129 Å². The van der Waals surface area contributed by atoms with Crippen LogP contribution in [0.1, 0.15) is 61.2 Å². The van der Waals surface area contributed by atoms with E-state index in [-0.39, 0.29) is 107 Å². The first kappa shape index (κ1) is 74.4. The second kappa shape index (κ2) is 25.4. The van der Waals surface area contributed by atoms with Crippen molar-refractivity contribution in [2.24, 2.45) is 0 Å². The van der Waals surface area contributed by atoms with Gasteiger partial charge < -0.3 is 9.13 Å². The molecule has 13 rings (SSSR count). The summed E-state index contributed by atoms with van der Waals surface area (Å²) < 4.78 is 393. The van der Waals surface area contributed by atoms with Gasteiger partial charge in [0.1, 0.15) is 0 Å². The lowest BCUT2D eigenvalue weighted by Gasteiger charge is -2.19. The van der Waals surface area contributed by atoms with Gasteiger partial charge in [0.15, 0.2) is 0 Å². The van der Waals surface area contributed by atoms with Crippen LogP contribution in [-0.2, 0) is 55.6 Å². The second-order valence-electron chi connectivity index (χ2n) is 24.6. The Balaban J connectivity index is 1.12. The molecule has 2 aromatic heterocycles. The highest BCUT2D eigenvalue weighted by atomic mass is 19.4. The molecular weight excluding hydrogens is 1490 g/mol. The molecule has 0 saturated heterocycles. The third-order valence-electron chi connectivity index (χ3n) is 18.1. The molecule has 2 heterocycles. The summed E-state index contributed by atoms with van der Waals surface area (Å²) >= 11 is 0. The minimum Gasteiger partial charge on any atom is -0.309 e.